The molecular formula is C25H30N2O2S. The normalized spacial score (nSPS) is 10.7. The molecule has 0 atom stereocenters. The lowest BCUT2D eigenvalue weighted by Crippen LogP contribution is -2.18. The summed E-state index contributed by atoms with van der Waals surface area (Å²) < 4.78 is 11.8. The van der Waals surface area contributed by atoms with Crippen molar-refractivity contribution in [1.82, 2.24) is 0 Å². The summed E-state index contributed by atoms with van der Waals surface area (Å²) >= 11 is 4.86. The lowest BCUT2D eigenvalue weighted by atomic mass is 10.1. The van der Waals surface area contributed by atoms with Crippen molar-refractivity contribution in [1.29, 1.82) is 0 Å². The first kappa shape index (κ1) is 21.9. The van der Waals surface area contributed by atoms with E-state index in [1.165, 1.54) is 36.5 Å². The maximum atomic E-state index is 6.01. The van der Waals surface area contributed by atoms with Crippen molar-refractivity contribution in [3.05, 3.63) is 66.7 Å². The number of fused-ring (bicyclic) bond motifs is 1. The number of hydrogen-bond donors (Lipinski definition) is 2. The van der Waals surface area contributed by atoms with Crippen LogP contribution in [0.3, 0.4) is 0 Å². The molecule has 3 aromatic rings. The Morgan fingerprint density at radius 2 is 1.43 bits per heavy atom. The van der Waals surface area contributed by atoms with Crippen LogP contribution in [-0.4, -0.2) is 18.3 Å². The second-order valence-corrected chi connectivity index (χ2v) is 7.75. The highest BCUT2D eigenvalue weighted by atomic mass is 32.1. The van der Waals surface area contributed by atoms with Gasteiger partial charge in [0.05, 0.1) is 13.2 Å². The van der Waals surface area contributed by atoms with Crippen LogP contribution in [0, 0.1) is 0 Å². The Bertz CT molecular complexity index is 940. The van der Waals surface area contributed by atoms with Crippen molar-refractivity contribution in [2.45, 2.75) is 38.5 Å². The molecule has 3 N–H and O–H groups in total. The van der Waals surface area contributed by atoms with Gasteiger partial charge in [0, 0.05) is 17.1 Å². The second kappa shape index (κ2) is 12.0. The predicted molar refractivity (Wildman–Crippen MR) is 129 cm³/mol. The van der Waals surface area contributed by atoms with E-state index >= 15 is 0 Å². The molecule has 0 aromatic heterocycles. The minimum atomic E-state index is 0.259. The molecule has 3 rings (SSSR count). The van der Waals surface area contributed by atoms with Crippen LogP contribution in [-0.2, 0) is 0 Å². The van der Waals surface area contributed by atoms with Crippen molar-refractivity contribution in [2.24, 2.45) is 5.73 Å². The summed E-state index contributed by atoms with van der Waals surface area (Å²) in [4.78, 5) is 0. The van der Waals surface area contributed by atoms with E-state index in [9.17, 15) is 0 Å². The van der Waals surface area contributed by atoms with Gasteiger partial charge in [0.2, 0.25) is 0 Å². The number of ether oxygens (including phenoxy) is 2. The van der Waals surface area contributed by atoms with E-state index in [4.69, 9.17) is 27.4 Å². The number of rotatable bonds is 12. The highest BCUT2D eigenvalue weighted by Gasteiger charge is 2.01. The van der Waals surface area contributed by atoms with Crippen LogP contribution in [0.25, 0.3) is 10.8 Å². The number of nitrogens with two attached hydrogens (primary N) is 1. The molecule has 0 heterocycles. The van der Waals surface area contributed by atoms with Crippen molar-refractivity contribution in [3.8, 4) is 11.5 Å². The van der Waals surface area contributed by atoms with E-state index in [1.807, 2.05) is 24.3 Å². The summed E-state index contributed by atoms with van der Waals surface area (Å²) in [5.41, 5.74) is 6.35. The van der Waals surface area contributed by atoms with Gasteiger partial charge in [0.1, 0.15) is 11.5 Å². The number of anilines is 1. The molecule has 0 unspecified atom stereocenters. The SMILES string of the molecule is NC(=S)Nc1cccc(OCCCCCCCCOc2cccc3ccccc23)c1. The van der Waals surface area contributed by atoms with Crippen molar-refractivity contribution in [2.75, 3.05) is 18.5 Å². The van der Waals surface area contributed by atoms with Gasteiger partial charge in [-0.3, -0.25) is 0 Å². The molecule has 0 amide bonds. The summed E-state index contributed by atoms with van der Waals surface area (Å²) in [7, 11) is 0. The molecule has 0 fully saturated rings. The first-order valence-corrected chi connectivity index (χ1v) is 11.0. The summed E-state index contributed by atoms with van der Waals surface area (Å²) in [6, 6.07) is 22.3. The van der Waals surface area contributed by atoms with Crippen LogP contribution in [0.2, 0.25) is 0 Å². The van der Waals surface area contributed by atoms with E-state index in [2.05, 4.69) is 47.8 Å². The fourth-order valence-corrected chi connectivity index (χ4v) is 3.53. The number of nitrogens with one attached hydrogen (secondary N) is 1. The summed E-state index contributed by atoms with van der Waals surface area (Å²) in [6.45, 7) is 1.49. The van der Waals surface area contributed by atoms with Gasteiger partial charge >= 0.3 is 0 Å². The third kappa shape index (κ3) is 7.23. The molecule has 0 bridgehead atoms. The zero-order chi connectivity index (χ0) is 21.0. The van der Waals surface area contributed by atoms with Crippen LogP contribution in [0.1, 0.15) is 38.5 Å². The fraction of sp³-hybridized carbons (Fsp3) is 0.320. The second-order valence-electron chi connectivity index (χ2n) is 7.31. The zero-order valence-corrected chi connectivity index (χ0v) is 18.1. The van der Waals surface area contributed by atoms with Crippen molar-refractivity contribution >= 4 is 33.8 Å². The standard InChI is InChI=1S/C25H30N2O2S/c26-25(30)27-21-13-10-14-22(19-21)28-17-7-3-1-2-4-8-18-29-24-16-9-12-20-11-5-6-15-23(20)24/h5-6,9-16,19H,1-4,7-8,17-18H2,(H3,26,27,30). The van der Waals surface area contributed by atoms with E-state index in [0.29, 0.717) is 0 Å². The van der Waals surface area contributed by atoms with Gasteiger partial charge in [-0.1, -0.05) is 68.1 Å². The van der Waals surface area contributed by atoms with E-state index in [0.717, 1.165) is 43.2 Å². The summed E-state index contributed by atoms with van der Waals surface area (Å²) in [5.74, 6) is 1.82. The van der Waals surface area contributed by atoms with E-state index in [1.54, 1.807) is 0 Å². The van der Waals surface area contributed by atoms with Gasteiger partial charge in [0.15, 0.2) is 5.11 Å². The number of thiocarbonyl (C=S) groups is 1. The number of hydrogen-bond acceptors (Lipinski definition) is 3. The topological polar surface area (TPSA) is 56.5 Å². The Hall–Kier alpha value is -2.79. The minimum absolute atomic E-state index is 0.259. The average Bonchev–Trinajstić information content (AvgIpc) is 2.75. The van der Waals surface area contributed by atoms with Crippen molar-refractivity contribution in [3.63, 3.8) is 0 Å². The Labute approximate surface area is 184 Å². The smallest absolute Gasteiger partial charge is 0.168 e. The van der Waals surface area contributed by atoms with Crippen LogP contribution in [0.4, 0.5) is 5.69 Å². The quantitative estimate of drug-likeness (QED) is 0.265. The lowest BCUT2D eigenvalue weighted by molar-refractivity contribution is 0.298. The fourth-order valence-electron chi connectivity index (χ4n) is 3.41. The molecular weight excluding hydrogens is 392 g/mol. The predicted octanol–water partition coefficient (Wildman–Crippen LogP) is 6.29. The molecule has 0 aliphatic heterocycles. The molecule has 0 radical (unpaired) electrons. The minimum Gasteiger partial charge on any atom is -0.494 e. The number of benzene rings is 3. The first-order chi connectivity index (χ1) is 14.7. The molecule has 4 nitrogen and oxygen atoms in total. The van der Waals surface area contributed by atoms with Gasteiger partial charge < -0.3 is 20.5 Å². The van der Waals surface area contributed by atoms with Crippen LogP contribution >= 0.6 is 12.2 Å². The zero-order valence-electron chi connectivity index (χ0n) is 17.3. The average molecular weight is 423 g/mol. The molecule has 0 saturated heterocycles. The highest BCUT2D eigenvalue weighted by molar-refractivity contribution is 7.80. The Morgan fingerprint density at radius 3 is 2.23 bits per heavy atom. The Morgan fingerprint density at radius 1 is 0.767 bits per heavy atom. The van der Waals surface area contributed by atoms with Gasteiger partial charge in [-0.05, 0) is 48.6 Å². The molecule has 3 aromatic carbocycles. The Kier molecular flexibility index (Phi) is 8.79. The van der Waals surface area contributed by atoms with Gasteiger partial charge in [0.25, 0.3) is 0 Å². The molecule has 0 spiro atoms. The highest BCUT2D eigenvalue weighted by Crippen LogP contribution is 2.25. The van der Waals surface area contributed by atoms with Gasteiger partial charge in [-0.2, -0.15) is 0 Å². The maximum absolute atomic E-state index is 6.01. The van der Waals surface area contributed by atoms with Gasteiger partial charge in [-0.25, -0.2) is 0 Å². The molecule has 5 heteroatoms. The molecule has 0 aliphatic carbocycles. The number of unbranched alkanes of at least 4 members (excludes halogenated alkanes) is 5. The van der Waals surface area contributed by atoms with Crippen LogP contribution < -0.4 is 20.5 Å². The van der Waals surface area contributed by atoms with E-state index in [-0.39, 0.29) is 5.11 Å². The first-order valence-electron chi connectivity index (χ1n) is 10.6. The monoisotopic (exact) mass is 422 g/mol. The maximum Gasteiger partial charge on any atom is 0.168 e. The third-order valence-electron chi connectivity index (χ3n) is 4.92. The van der Waals surface area contributed by atoms with Crippen molar-refractivity contribution < 1.29 is 9.47 Å². The largest absolute Gasteiger partial charge is 0.494 e. The summed E-state index contributed by atoms with van der Waals surface area (Å²) in [5, 5.41) is 5.59. The Balaban J connectivity index is 1.23. The van der Waals surface area contributed by atoms with Gasteiger partial charge in [-0.15, -0.1) is 0 Å². The van der Waals surface area contributed by atoms with Crippen LogP contribution in [0.15, 0.2) is 66.7 Å². The molecule has 0 aliphatic rings. The lowest BCUT2D eigenvalue weighted by Gasteiger charge is -2.10. The molecule has 30 heavy (non-hydrogen) atoms. The van der Waals surface area contributed by atoms with Crippen LogP contribution in [0.5, 0.6) is 11.5 Å². The summed E-state index contributed by atoms with van der Waals surface area (Å²) in [6.07, 6.45) is 6.96. The van der Waals surface area contributed by atoms with E-state index < -0.39 is 0 Å². The molecule has 0 saturated carbocycles. The third-order valence-corrected chi connectivity index (χ3v) is 5.02. The molecule has 158 valence electrons.